The summed E-state index contributed by atoms with van der Waals surface area (Å²) in [4.78, 5) is 12.9. The van der Waals surface area contributed by atoms with Crippen molar-refractivity contribution in [3.8, 4) is 0 Å². The summed E-state index contributed by atoms with van der Waals surface area (Å²) in [5, 5.41) is 13.2. The average Bonchev–Trinajstić information content (AvgIpc) is 3.61. The number of nitrogens with one attached hydrogen (secondary N) is 1. The number of rotatable bonds is 22. The minimum absolute atomic E-state index is 0.0434. The second-order valence-corrected chi connectivity index (χ2v) is 21.2. The van der Waals surface area contributed by atoms with Crippen molar-refractivity contribution in [1.29, 1.82) is 0 Å². The summed E-state index contributed by atoms with van der Waals surface area (Å²) in [5.41, 5.74) is 1.66. The summed E-state index contributed by atoms with van der Waals surface area (Å²) in [6.07, 6.45) is 34.3. The Kier molecular flexibility index (Phi) is 16.1. The maximum atomic E-state index is 12.9. The van der Waals surface area contributed by atoms with Crippen molar-refractivity contribution in [3.05, 3.63) is 16.9 Å². The van der Waals surface area contributed by atoms with Crippen LogP contribution in [0, 0.1) is 51.5 Å². The summed E-state index contributed by atoms with van der Waals surface area (Å²) in [7, 11) is 0. The van der Waals surface area contributed by atoms with E-state index >= 15 is 0 Å². The van der Waals surface area contributed by atoms with Crippen molar-refractivity contribution >= 4 is 5.97 Å². The molecule has 1 aliphatic heterocycles. The van der Waals surface area contributed by atoms with E-state index in [1.165, 1.54) is 116 Å². The molecule has 3 unspecified atom stereocenters. The highest BCUT2D eigenvalue weighted by Crippen LogP contribution is 2.67. The number of carbonyl (C=O) groups excluding carboxylic acids is 1. The molecule has 1 heterocycles. The molecule has 3 saturated carbocycles. The smallest absolute Gasteiger partial charge is 0.306 e. The monoisotopic (exact) mass is 754 g/mol. The van der Waals surface area contributed by atoms with E-state index in [2.05, 4.69) is 47.6 Å². The van der Waals surface area contributed by atoms with Crippen LogP contribution >= 0.6 is 0 Å². The highest BCUT2D eigenvalue weighted by atomic mass is 16.6. The van der Waals surface area contributed by atoms with Crippen molar-refractivity contribution < 1.29 is 19.3 Å². The summed E-state index contributed by atoms with van der Waals surface area (Å²) in [6, 6.07) is 0. The van der Waals surface area contributed by atoms with Gasteiger partial charge in [-0.25, -0.2) is 0 Å². The van der Waals surface area contributed by atoms with Crippen LogP contribution in [-0.4, -0.2) is 29.9 Å². The topological polar surface area (TPSA) is 63.0 Å². The van der Waals surface area contributed by atoms with Crippen LogP contribution in [0.4, 0.5) is 0 Å². The minimum atomic E-state index is -0.511. The number of unbranched alkanes of at least 4 members (excludes halogenated alkanes) is 11. The Morgan fingerprint density at radius 2 is 1.48 bits per heavy atom. The summed E-state index contributed by atoms with van der Waals surface area (Å²) in [5.74, 6) is 5.24. The van der Waals surface area contributed by atoms with Crippen molar-refractivity contribution in [1.82, 2.24) is 0 Å². The SMILES string of the molecule is CCC1(CCCCCCCCCCCCCCC(=O)OC2CC[C@@]3(C)C(=CC[C@H]4[C@@H]5CC[C@H]([C@H](C)CCCC(C)C)[C@@]5(C)CC[C@@H]43)C2)OCC(C)(C)[NH+]1[O-]. The number of ether oxygens (including phenoxy) is 2. The van der Waals surface area contributed by atoms with Crippen LogP contribution in [-0.2, 0) is 14.3 Å². The second kappa shape index (κ2) is 19.7. The number of fused-ring (bicyclic) bond motifs is 5. The van der Waals surface area contributed by atoms with Crippen LogP contribution in [0.15, 0.2) is 11.6 Å². The van der Waals surface area contributed by atoms with Crippen LogP contribution in [0.2, 0.25) is 0 Å². The van der Waals surface area contributed by atoms with Gasteiger partial charge in [0.15, 0.2) is 0 Å². The number of hydrogen-bond donors (Lipinski definition) is 1. The summed E-state index contributed by atoms with van der Waals surface area (Å²) < 4.78 is 12.2. The zero-order chi connectivity index (χ0) is 39.0. The molecule has 0 radical (unpaired) electrons. The molecule has 0 aromatic rings. The Labute approximate surface area is 333 Å². The van der Waals surface area contributed by atoms with E-state index in [0.717, 1.165) is 80.5 Å². The van der Waals surface area contributed by atoms with E-state index in [1.807, 2.05) is 13.8 Å². The Morgan fingerprint density at radius 1 is 0.833 bits per heavy atom. The third-order valence-corrected chi connectivity index (χ3v) is 16.6. The van der Waals surface area contributed by atoms with Gasteiger partial charge in [-0.15, -0.1) is 0 Å². The molecule has 1 saturated heterocycles. The summed E-state index contributed by atoms with van der Waals surface area (Å²) >= 11 is 0. The standard InChI is InChI=1S/C49H87NO4/c1-9-49(50(52)46(5,6)36-53-49)32-21-19-17-15-13-11-10-12-14-16-18-20-25-45(51)54-40-30-33-47(7)39(35-40)26-27-41-43-29-28-42(38(4)24-22-23-37(2)3)48(43,8)34-31-44(41)47/h26,37-38,40-44,50H,9-25,27-36H2,1-8H3/t38-,40?,41+,42-,43+,44+,47+,48-,49?/m1/s1. The molecule has 0 aromatic carbocycles. The third-order valence-electron chi connectivity index (χ3n) is 16.6. The molecule has 4 fully saturated rings. The maximum Gasteiger partial charge on any atom is 0.306 e. The molecule has 0 aromatic heterocycles. The van der Waals surface area contributed by atoms with E-state index < -0.39 is 5.72 Å². The summed E-state index contributed by atoms with van der Waals surface area (Å²) in [6.45, 7) is 19.4. The third kappa shape index (κ3) is 10.4. The lowest BCUT2D eigenvalue weighted by Gasteiger charge is -2.58. The van der Waals surface area contributed by atoms with Gasteiger partial charge in [0, 0.05) is 25.7 Å². The van der Waals surface area contributed by atoms with Gasteiger partial charge in [0.05, 0.1) is 0 Å². The first-order chi connectivity index (χ1) is 25.8. The molecule has 312 valence electrons. The second-order valence-electron chi connectivity index (χ2n) is 21.2. The fourth-order valence-corrected chi connectivity index (χ4v) is 13.1. The van der Waals surface area contributed by atoms with Crippen molar-refractivity contribution in [2.24, 2.45) is 46.3 Å². The molecule has 10 atom stereocenters. The first-order valence-corrected chi connectivity index (χ1v) is 23.8. The number of allylic oxidation sites excluding steroid dienone is 1. The van der Waals surface area contributed by atoms with Crippen LogP contribution in [0.5, 0.6) is 0 Å². The normalized spacial score (nSPS) is 36.4. The largest absolute Gasteiger partial charge is 0.632 e. The molecule has 0 amide bonds. The molecular weight excluding hydrogens is 667 g/mol. The molecule has 0 bridgehead atoms. The van der Waals surface area contributed by atoms with Gasteiger partial charge in [-0.3, -0.25) is 4.79 Å². The number of hydroxylamine groups is 2. The zero-order valence-electron chi connectivity index (χ0n) is 36.8. The van der Waals surface area contributed by atoms with Crippen LogP contribution in [0.3, 0.4) is 0 Å². The molecule has 5 aliphatic rings. The van der Waals surface area contributed by atoms with Gasteiger partial charge in [0.25, 0.3) is 0 Å². The number of hydrogen-bond acceptors (Lipinski definition) is 4. The zero-order valence-corrected chi connectivity index (χ0v) is 36.8. The number of carbonyl (C=O) groups is 1. The fraction of sp³-hybridized carbons (Fsp3) is 0.939. The van der Waals surface area contributed by atoms with Gasteiger partial charge >= 0.3 is 5.97 Å². The van der Waals surface area contributed by atoms with Crippen molar-refractivity contribution in [2.45, 2.75) is 240 Å². The number of quaternary nitrogens is 1. The highest BCUT2D eigenvalue weighted by molar-refractivity contribution is 5.69. The molecule has 4 aliphatic carbocycles. The predicted octanol–water partition coefficient (Wildman–Crippen LogP) is 12.7. The lowest BCUT2D eigenvalue weighted by Crippen LogP contribution is -3.20. The highest BCUT2D eigenvalue weighted by Gasteiger charge is 2.59. The molecular formula is C49H87NO4. The molecule has 54 heavy (non-hydrogen) atoms. The van der Waals surface area contributed by atoms with Crippen molar-refractivity contribution in [3.63, 3.8) is 0 Å². The molecule has 0 spiro atoms. The Bertz CT molecular complexity index is 1200. The van der Waals surface area contributed by atoms with Gasteiger partial charge < -0.3 is 19.7 Å². The predicted molar refractivity (Wildman–Crippen MR) is 225 cm³/mol. The number of esters is 1. The Hall–Kier alpha value is -0.910. The van der Waals surface area contributed by atoms with E-state index in [9.17, 15) is 10.0 Å². The van der Waals surface area contributed by atoms with Gasteiger partial charge in [-0.2, -0.15) is 0 Å². The average molecular weight is 754 g/mol. The van der Waals surface area contributed by atoms with E-state index in [-0.39, 0.29) is 17.6 Å². The van der Waals surface area contributed by atoms with Crippen LogP contribution < -0.4 is 5.06 Å². The van der Waals surface area contributed by atoms with Crippen molar-refractivity contribution in [2.75, 3.05) is 6.61 Å². The van der Waals surface area contributed by atoms with E-state index in [0.29, 0.717) is 28.9 Å². The molecule has 1 N–H and O–H groups in total. The first-order valence-electron chi connectivity index (χ1n) is 23.8. The quantitative estimate of drug-likeness (QED) is 0.0517. The fourth-order valence-electron chi connectivity index (χ4n) is 13.1. The molecule has 5 rings (SSSR count). The first kappa shape index (κ1) is 44.2. The van der Waals surface area contributed by atoms with Gasteiger partial charge in [0.2, 0.25) is 5.72 Å². The molecule has 5 heteroatoms. The van der Waals surface area contributed by atoms with Gasteiger partial charge in [-0.1, -0.05) is 137 Å². The van der Waals surface area contributed by atoms with E-state index in [1.54, 1.807) is 5.57 Å². The van der Waals surface area contributed by atoms with Crippen LogP contribution in [0.1, 0.15) is 222 Å². The lowest BCUT2D eigenvalue weighted by atomic mass is 9.47. The van der Waals surface area contributed by atoms with Crippen LogP contribution in [0.25, 0.3) is 0 Å². The van der Waals surface area contributed by atoms with Gasteiger partial charge in [-0.05, 0) is 118 Å². The van der Waals surface area contributed by atoms with Gasteiger partial charge in [0.1, 0.15) is 18.2 Å². The Balaban J connectivity index is 0.902. The minimum Gasteiger partial charge on any atom is -0.632 e. The Morgan fingerprint density at radius 3 is 2.09 bits per heavy atom. The van der Waals surface area contributed by atoms with E-state index in [4.69, 9.17) is 9.47 Å². The maximum absolute atomic E-state index is 12.9. The molecule has 5 nitrogen and oxygen atoms in total. The lowest BCUT2D eigenvalue weighted by molar-refractivity contribution is -0.950.